The molecule has 19 heavy (non-hydrogen) atoms. The predicted molar refractivity (Wildman–Crippen MR) is 77.9 cm³/mol. The summed E-state index contributed by atoms with van der Waals surface area (Å²) < 4.78 is 0. The summed E-state index contributed by atoms with van der Waals surface area (Å²) in [7, 11) is 0. The first-order chi connectivity index (χ1) is 8.97. The van der Waals surface area contributed by atoms with E-state index in [-0.39, 0.29) is 6.42 Å². The fourth-order valence-electron chi connectivity index (χ4n) is 1.51. The van der Waals surface area contributed by atoms with E-state index in [1.165, 1.54) is 11.3 Å². The first kappa shape index (κ1) is 14.1. The fraction of sp³-hybridized carbons (Fsp3) is 0.167. The van der Waals surface area contributed by atoms with Crippen molar-refractivity contribution in [1.82, 2.24) is 4.98 Å². The molecule has 0 radical (unpaired) electrons. The minimum absolute atomic E-state index is 0.0402. The number of carbonyl (C=O) groups is 1. The number of benzene rings is 1. The number of anilines is 2. The van der Waals surface area contributed by atoms with Gasteiger partial charge in [-0.05, 0) is 19.1 Å². The summed E-state index contributed by atoms with van der Waals surface area (Å²) in [5.41, 5.74) is 1.26. The maximum Gasteiger partial charge on any atom is 0.308 e. The Hall–Kier alpha value is -1.30. The SMILES string of the molecule is Cc1nc(Nc2c(Cl)cccc2Cl)sc1CC(=O)O. The summed E-state index contributed by atoms with van der Waals surface area (Å²) in [6.07, 6.45) is -0.0402. The Balaban J connectivity index is 2.27. The molecule has 0 amide bonds. The van der Waals surface area contributed by atoms with Gasteiger partial charge < -0.3 is 10.4 Å². The first-order valence-electron chi connectivity index (χ1n) is 5.36. The van der Waals surface area contributed by atoms with Gasteiger partial charge in [-0.25, -0.2) is 4.98 Å². The molecule has 0 bridgehead atoms. The van der Waals surface area contributed by atoms with Gasteiger partial charge in [0.15, 0.2) is 5.13 Å². The molecular formula is C12H10Cl2N2O2S. The second-order valence-corrected chi connectivity index (χ2v) is 5.72. The molecular weight excluding hydrogens is 307 g/mol. The number of hydrogen-bond acceptors (Lipinski definition) is 4. The highest BCUT2D eigenvalue weighted by Crippen LogP contribution is 2.34. The van der Waals surface area contributed by atoms with Crippen molar-refractivity contribution in [2.24, 2.45) is 0 Å². The molecule has 1 aromatic heterocycles. The van der Waals surface area contributed by atoms with E-state index in [0.717, 1.165) is 0 Å². The Morgan fingerprint density at radius 2 is 2.05 bits per heavy atom. The topological polar surface area (TPSA) is 62.2 Å². The van der Waals surface area contributed by atoms with Crippen LogP contribution in [0, 0.1) is 6.92 Å². The van der Waals surface area contributed by atoms with Gasteiger partial charge in [-0.3, -0.25) is 4.79 Å². The Morgan fingerprint density at radius 1 is 1.42 bits per heavy atom. The third kappa shape index (κ3) is 3.37. The second kappa shape index (κ2) is 5.77. The number of rotatable bonds is 4. The fourth-order valence-corrected chi connectivity index (χ4v) is 2.96. The van der Waals surface area contributed by atoms with E-state index < -0.39 is 5.97 Å². The number of hydrogen-bond donors (Lipinski definition) is 2. The molecule has 0 saturated heterocycles. The summed E-state index contributed by atoms with van der Waals surface area (Å²) in [4.78, 5) is 15.7. The molecule has 0 aliphatic rings. The van der Waals surface area contributed by atoms with Gasteiger partial charge in [0, 0.05) is 4.88 Å². The molecule has 0 spiro atoms. The van der Waals surface area contributed by atoms with Crippen molar-refractivity contribution in [2.75, 3.05) is 5.32 Å². The molecule has 0 saturated carbocycles. The summed E-state index contributed by atoms with van der Waals surface area (Å²) >= 11 is 13.4. The van der Waals surface area contributed by atoms with Crippen LogP contribution in [0.4, 0.5) is 10.8 Å². The van der Waals surface area contributed by atoms with Gasteiger partial charge >= 0.3 is 5.97 Å². The van der Waals surface area contributed by atoms with E-state index in [2.05, 4.69) is 10.3 Å². The van der Waals surface area contributed by atoms with Crippen molar-refractivity contribution in [2.45, 2.75) is 13.3 Å². The van der Waals surface area contributed by atoms with Gasteiger partial charge in [-0.15, -0.1) is 11.3 Å². The van der Waals surface area contributed by atoms with E-state index in [1.807, 2.05) is 0 Å². The number of carboxylic acid groups (broad SMARTS) is 1. The zero-order chi connectivity index (χ0) is 14.0. The highest BCUT2D eigenvalue weighted by Gasteiger charge is 2.13. The van der Waals surface area contributed by atoms with Crippen LogP contribution in [0.25, 0.3) is 0 Å². The van der Waals surface area contributed by atoms with Gasteiger partial charge in [0.05, 0.1) is 27.8 Å². The molecule has 0 aliphatic carbocycles. The van der Waals surface area contributed by atoms with Crippen LogP contribution in [0.2, 0.25) is 10.0 Å². The monoisotopic (exact) mass is 316 g/mol. The van der Waals surface area contributed by atoms with Crippen LogP contribution < -0.4 is 5.32 Å². The lowest BCUT2D eigenvalue weighted by molar-refractivity contribution is -0.136. The number of thiazole rings is 1. The Labute approximate surface area is 124 Å². The standard InChI is InChI=1S/C12H10Cl2N2O2S/c1-6-9(5-10(17)18)19-12(15-6)16-11-7(13)3-2-4-8(11)14/h2-4H,5H2,1H3,(H,15,16)(H,17,18). The normalized spacial score (nSPS) is 10.5. The van der Waals surface area contributed by atoms with Crippen LogP contribution >= 0.6 is 34.5 Å². The van der Waals surface area contributed by atoms with Crippen LogP contribution in [0.15, 0.2) is 18.2 Å². The van der Waals surface area contributed by atoms with Crippen molar-refractivity contribution in [1.29, 1.82) is 0 Å². The maximum atomic E-state index is 10.7. The van der Waals surface area contributed by atoms with Gasteiger partial charge in [0.2, 0.25) is 0 Å². The van der Waals surface area contributed by atoms with Crippen LogP contribution in [-0.4, -0.2) is 16.1 Å². The Morgan fingerprint density at radius 3 is 2.63 bits per heavy atom. The predicted octanol–water partition coefficient (Wildman–Crippen LogP) is 4.13. The third-order valence-corrected chi connectivity index (χ3v) is 4.10. The van der Waals surface area contributed by atoms with Crippen LogP contribution in [0.1, 0.15) is 10.6 Å². The number of halogens is 2. The summed E-state index contributed by atoms with van der Waals surface area (Å²) in [6.45, 7) is 1.77. The Kier molecular flexibility index (Phi) is 4.29. The molecule has 2 aromatic rings. The van der Waals surface area contributed by atoms with Crippen LogP contribution in [-0.2, 0) is 11.2 Å². The van der Waals surface area contributed by atoms with E-state index in [1.54, 1.807) is 25.1 Å². The van der Waals surface area contributed by atoms with Crippen molar-refractivity contribution < 1.29 is 9.90 Å². The van der Waals surface area contributed by atoms with E-state index in [9.17, 15) is 4.79 Å². The lowest BCUT2D eigenvalue weighted by atomic mass is 10.3. The number of nitrogens with one attached hydrogen (secondary N) is 1. The summed E-state index contributed by atoms with van der Waals surface area (Å²) in [5, 5.41) is 13.4. The number of nitrogens with zero attached hydrogens (tertiary/aromatic N) is 1. The zero-order valence-electron chi connectivity index (χ0n) is 9.91. The average molecular weight is 317 g/mol. The van der Waals surface area contributed by atoms with Gasteiger partial charge in [0.1, 0.15) is 0 Å². The molecule has 2 rings (SSSR count). The largest absolute Gasteiger partial charge is 0.481 e. The highest BCUT2D eigenvalue weighted by atomic mass is 35.5. The number of carboxylic acids is 1. The van der Waals surface area contributed by atoms with Gasteiger partial charge in [0.25, 0.3) is 0 Å². The molecule has 4 nitrogen and oxygen atoms in total. The van der Waals surface area contributed by atoms with E-state index in [0.29, 0.717) is 31.4 Å². The van der Waals surface area contributed by atoms with E-state index in [4.69, 9.17) is 28.3 Å². The quantitative estimate of drug-likeness (QED) is 0.890. The molecule has 0 aliphatic heterocycles. The lowest BCUT2D eigenvalue weighted by Crippen LogP contribution is -1.99. The molecule has 0 fully saturated rings. The second-order valence-electron chi connectivity index (χ2n) is 3.82. The molecule has 1 aromatic carbocycles. The third-order valence-electron chi connectivity index (χ3n) is 2.40. The molecule has 0 unspecified atom stereocenters. The van der Waals surface area contributed by atoms with Crippen LogP contribution in [0.3, 0.4) is 0 Å². The number of aromatic nitrogens is 1. The minimum atomic E-state index is -0.880. The molecule has 2 N–H and O–H groups in total. The minimum Gasteiger partial charge on any atom is -0.481 e. The first-order valence-corrected chi connectivity index (χ1v) is 6.93. The van der Waals surface area contributed by atoms with Crippen molar-refractivity contribution in [3.8, 4) is 0 Å². The lowest BCUT2D eigenvalue weighted by Gasteiger charge is -2.06. The van der Waals surface area contributed by atoms with Gasteiger partial charge in [-0.2, -0.15) is 0 Å². The smallest absolute Gasteiger partial charge is 0.308 e. The average Bonchev–Trinajstić information content (AvgIpc) is 2.64. The number of para-hydroxylation sites is 1. The number of aliphatic carboxylic acids is 1. The molecule has 100 valence electrons. The van der Waals surface area contributed by atoms with Crippen LogP contribution in [0.5, 0.6) is 0 Å². The number of aryl methyl sites for hydroxylation is 1. The highest BCUT2D eigenvalue weighted by molar-refractivity contribution is 7.15. The summed E-state index contributed by atoms with van der Waals surface area (Å²) in [5.74, 6) is -0.880. The zero-order valence-corrected chi connectivity index (χ0v) is 12.2. The molecule has 1 heterocycles. The van der Waals surface area contributed by atoms with Crippen molar-refractivity contribution >= 4 is 51.3 Å². The Bertz CT molecular complexity index is 608. The summed E-state index contributed by atoms with van der Waals surface area (Å²) in [6, 6.07) is 5.18. The van der Waals surface area contributed by atoms with E-state index >= 15 is 0 Å². The van der Waals surface area contributed by atoms with Crippen molar-refractivity contribution in [3.63, 3.8) is 0 Å². The molecule has 7 heteroatoms. The molecule has 0 atom stereocenters. The van der Waals surface area contributed by atoms with Crippen molar-refractivity contribution in [3.05, 3.63) is 38.8 Å². The van der Waals surface area contributed by atoms with Gasteiger partial charge in [-0.1, -0.05) is 29.3 Å². The maximum absolute atomic E-state index is 10.7.